The first-order chi connectivity index (χ1) is 10.1. The van der Waals surface area contributed by atoms with E-state index in [2.05, 4.69) is 37.4 Å². The van der Waals surface area contributed by atoms with Crippen LogP contribution >= 0.6 is 0 Å². The van der Waals surface area contributed by atoms with E-state index < -0.39 is 0 Å². The fourth-order valence-corrected chi connectivity index (χ4v) is 3.17. The minimum absolute atomic E-state index is 0.147. The monoisotopic (exact) mass is 284 g/mol. The van der Waals surface area contributed by atoms with Crippen LogP contribution in [0.2, 0.25) is 0 Å². The highest BCUT2D eigenvalue weighted by atomic mass is 16.1. The summed E-state index contributed by atoms with van der Waals surface area (Å²) < 4.78 is 1.88. The van der Waals surface area contributed by atoms with E-state index in [1.165, 1.54) is 18.4 Å². The van der Waals surface area contributed by atoms with Gasteiger partial charge in [-0.25, -0.2) is 0 Å². The third-order valence-corrected chi connectivity index (χ3v) is 4.52. The van der Waals surface area contributed by atoms with Gasteiger partial charge in [-0.2, -0.15) is 0 Å². The summed E-state index contributed by atoms with van der Waals surface area (Å²) in [6.45, 7) is 7.32. The van der Waals surface area contributed by atoms with Gasteiger partial charge in [-0.15, -0.1) is 0 Å². The van der Waals surface area contributed by atoms with Gasteiger partial charge in [0.2, 0.25) is 0 Å². The number of aromatic nitrogens is 1. The van der Waals surface area contributed by atoms with Gasteiger partial charge in [0.25, 0.3) is 5.56 Å². The Morgan fingerprint density at radius 1 is 1.33 bits per heavy atom. The minimum atomic E-state index is 0.147. The molecule has 1 aliphatic rings. The predicted molar refractivity (Wildman–Crippen MR) is 87.9 cm³/mol. The first kappa shape index (κ1) is 14.3. The number of fused-ring (bicyclic) bond motifs is 1. The molecule has 3 heteroatoms. The number of nitrogens with zero attached hydrogens (tertiary/aromatic N) is 1. The highest BCUT2D eigenvalue weighted by Gasteiger charge is 2.14. The highest BCUT2D eigenvalue weighted by Crippen LogP contribution is 2.20. The standard InChI is InChI=1S/C18H24N2O/c1-13(2)15-5-6-17-16(10-15)7-9-20(18(17)21)12-14-4-3-8-19-11-14/h5-7,9-10,13-14,19H,3-4,8,11-12H2,1-2H3. The third-order valence-electron chi connectivity index (χ3n) is 4.52. The van der Waals surface area contributed by atoms with Crippen molar-refractivity contribution in [1.29, 1.82) is 0 Å². The number of piperidine rings is 1. The summed E-state index contributed by atoms with van der Waals surface area (Å²) in [5.41, 5.74) is 1.43. The molecule has 1 atom stereocenters. The van der Waals surface area contributed by atoms with Gasteiger partial charge >= 0.3 is 0 Å². The zero-order valence-corrected chi connectivity index (χ0v) is 12.9. The summed E-state index contributed by atoms with van der Waals surface area (Å²) in [5.74, 6) is 1.06. The summed E-state index contributed by atoms with van der Waals surface area (Å²) in [6.07, 6.45) is 4.39. The molecule has 1 aliphatic heterocycles. The Kier molecular flexibility index (Phi) is 4.11. The van der Waals surface area contributed by atoms with Crippen LogP contribution in [0.4, 0.5) is 0 Å². The first-order valence-electron chi connectivity index (χ1n) is 7.99. The molecule has 2 heterocycles. The van der Waals surface area contributed by atoms with Crippen molar-refractivity contribution in [3.05, 3.63) is 46.4 Å². The van der Waals surface area contributed by atoms with Gasteiger partial charge < -0.3 is 9.88 Å². The molecule has 0 spiro atoms. The molecule has 112 valence electrons. The van der Waals surface area contributed by atoms with Gasteiger partial charge in [0.15, 0.2) is 0 Å². The Morgan fingerprint density at radius 3 is 2.90 bits per heavy atom. The molecule has 1 aromatic heterocycles. The van der Waals surface area contributed by atoms with E-state index in [9.17, 15) is 4.79 Å². The Bertz CT molecular complexity index is 681. The first-order valence-corrected chi connectivity index (χ1v) is 7.99. The van der Waals surface area contributed by atoms with Crippen molar-refractivity contribution in [1.82, 2.24) is 9.88 Å². The van der Waals surface area contributed by atoms with Crippen LogP contribution in [0, 0.1) is 5.92 Å². The van der Waals surface area contributed by atoms with E-state index in [0.717, 1.165) is 30.4 Å². The zero-order chi connectivity index (χ0) is 14.8. The van der Waals surface area contributed by atoms with Crippen molar-refractivity contribution in [2.75, 3.05) is 13.1 Å². The molecular formula is C18H24N2O. The Labute approximate surface area is 126 Å². The molecule has 2 aromatic rings. The molecule has 0 radical (unpaired) electrons. The van der Waals surface area contributed by atoms with Crippen LogP contribution in [0.25, 0.3) is 10.8 Å². The number of benzene rings is 1. The summed E-state index contributed by atoms with van der Waals surface area (Å²) in [4.78, 5) is 12.6. The molecule has 3 nitrogen and oxygen atoms in total. The summed E-state index contributed by atoms with van der Waals surface area (Å²) >= 11 is 0. The summed E-state index contributed by atoms with van der Waals surface area (Å²) in [6, 6.07) is 8.30. The molecule has 0 bridgehead atoms. The van der Waals surface area contributed by atoms with Gasteiger partial charge in [0.05, 0.1) is 0 Å². The van der Waals surface area contributed by atoms with Crippen molar-refractivity contribution in [2.45, 2.75) is 39.2 Å². The largest absolute Gasteiger partial charge is 0.316 e. The van der Waals surface area contributed by atoms with Crippen molar-refractivity contribution in [2.24, 2.45) is 5.92 Å². The van der Waals surface area contributed by atoms with Gasteiger partial charge in [-0.3, -0.25) is 4.79 Å². The average Bonchev–Trinajstić information content (AvgIpc) is 2.51. The van der Waals surface area contributed by atoms with E-state index >= 15 is 0 Å². The van der Waals surface area contributed by atoms with E-state index in [0.29, 0.717) is 11.8 Å². The Balaban J connectivity index is 1.92. The molecule has 3 rings (SSSR count). The maximum Gasteiger partial charge on any atom is 0.258 e. The van der Waals surface area contributed by atoms with Crippen molar-refractivity contribution < 1.29 is 0 Å². The quantitative estimate of drug-likeness (QED) is 0.939. The highest BCUT2D eigenvalue weighted by molar-refractivity contribution is 5.82. The third kappa shape index (κ3) is 3.03. The molecule has 1 N–H and O–H groups in total. The fourth-order valence-electron chi connectivity index (χ4n) is 3.17. The molecule has 21 heavy (non-hydrogen) atoms. The van der Waals surface area contributed by atoms with Gasteiger partial charge in [-0.05, 0) is 60.8 Å². The number of hydrogen-bond donors (Lipinski definition) is 1. The van der Waals surface area contributed by atoms with E-state index in [4.69, 9.17) is 0 Å². The molecule has 0 aliphatic carbocycles. The SMILES string of the molecule is CC(C)c1ccc2c(=O)n(CC3CCCNC3)ccc2c1. The van der Waals surface area contributed by atoms with Crippen LogP contribution in [-0.2, 0) is 6.54 Å². The normalized spacial score (nSPS) is 19.3. The minimum Gasteiger partial charge on any atom is -0.316 e. The van der Waals surface area contributed by atoms with Crippen LogP contribution in [0.3, 0.4) is 0 Å². The molecule has 1 aromatic carbocycles. The maximum atomic E-state index is 12.6. The Morgan fingerprint density at radius 2 is 2.19 bits per heavy atom. The number of hydrogen-bond acceptors (Lipinski definition) is 2. The second-order valence-corrected chi connectivity index (χ2v) is 6.49. The maximum absolute atomic E-state index is 12.6. The summed E-state index contributed by atoms with van der Waals surface area (Å²) in [7, 11) is 0. The number of nitrogens with one attached hydrogen (secondary N) is 1. The molecule has 1 unspecified atom stereocenters. The van der Waals surface area contributed by atoms with Crippen LogP contribution in [0.5, 0.6) is 0 Å². The lowest BCUT2D eigenvalue weighted by Crippen LogP contribution is -2.34. The van der Waals surface area contributed by atoms with Crippen LogP contribution in [-0.4, -0.2) is 17.7 Å². The Hall–Kier alpha value is -1.61. The average molecular weight is 284 g/mol. The lowest BCUT2D eigenvalue weighted by Gasteiger charge is -2.23. The van der Waals surface area contributed by atoms with Gasteiger partial charge in [0.1, 0.15) is 0 Å². The van der Waals surface area contributed by atoms with Crippen molar-refractivity contribution >= 4 is 10.8 Å². The van der Waals surface area contributed by atoms with E-state index in [1.54, 1.807) is 0 Å². The second-order valence-electron chi connectivity index (χ2n) is 6.49. The lowest BCUT2D eigenvalue weighted by atomic mass is 9.98. The van der Waals surface area contributed by atoms with Gasteiger partial charge in [0, 0.05) is 18.1 Å². The van der Waals surface area contributed by atoms with E-state index in [1.807, 2.05) is 16.8 Å². The predicted octanol–water partition coefficient (Wildman–Crippen LogP) is 3.12. The number of rotatable bonds is 3. The summed E-state index contributed by atoms with van der Waals surface area (Å²) in [5, 5.41) is 5.31. The molecule has 0 amide bonds. The molecule has 1 saturated heterocycles. The molecule has 1 fully saturated rings. The second kappa shape index (κ2) is 6.02. The zero-order valence-electron chi connectivity index (χ0n) is 12.9. The fraction of sp³-hybridized carbons (Fsp3) is 0.500. The lowest BCUT2D eigenvalue weighted by molar-refractivity contribution is 0.334. The molecule has 0 saturated carbocycles. The van der Waals surface area contributed by atoms with Crippen molar-refractivity contribution in [3.63, 3.8) is 0 Å². The molecular weight excluding hydrogens is 260 g/mol. The van der Waals surface area contributed by atoms with E-state index in [-0.39, 0.29) is 5.56 Å². The smallest absolute Gasteiger partial charge is 0.258 e. The number of pyridine rings is 1. The topological polar surface area (TPSA) is 34.0 Å². The van der Waals surface area contributed by atoms with Crippen LogP contribution in [0.15, 0.2) is 35.3 Å². The van der Waals surface area contributed by atoms with Crippen LogP contribution < -0.4 is 10.9 Å². The van der Waals surface area contributed by atoms with Crippen molar-refractivity contribution in [3.8, 4) is 0 Å². The van der Waals surface area contributed by atoms with Gasteiger partial charge in [-0.1, -0.05) is 26.0 Å². The van der Waals surface area contributed by atoms with Crippen LogP contribution in [0.1, 0.15) is 38.2 Å².